The van der Waals surface area contributed by atoms with Gasteiger partial charge in [0.05, 0.1) is 10.5 Å². The van der Waals surface area contributed by atoms with Crippen LogP contribution in [0.25, 0.3) is 10.9 Å². The van der Waals surface area contributed by atoms with E-state index in [2.05, 4.69) is 29.2 Å². The van der Waals surface area contributed by atoms with Gasteiger partial charge in [-0.25, -0.2) is 0 Å². The minimum absolute atomic E-state index is 0.639. The molecule has 3 heteroatoms. The molecule has 1 saturated heterocycles. The Morgan fingerprint density at radius 1 is 1.47 bits per heavy atom. The van der Waals surface area contributed by atoms with Crippen LogP contribution in [-0.4, -0.2) is 17.2 Å². The maximum absolute atomic E-state index is 6.26. The van der Waals surface area contributed by atoms with Crippen molar-refractivity contribution in [3.8, 4) is 0 Å². The maximum atomic E-state index is 6.26. The van der Waals surface area contributed by atoms with Gasteiger partial charge in [0.25, 0.3) is 0 Å². The fourth-order valence-corrected chi connectivity index (χ4v) is 3.17. The third-order valence-electron chi connectivity index (χ3n) is 3.66. The molecule has 1 aromatic carbocycles. The fourth-order valence-electron chi connectivity index (χ4n) is 2.86. The quantitative estimate of drug-likeness (QED) is 0.864. The highest BCUT2D eigenvalue weighted by Gasteiger charge is 2.17. The third kappa shape index (κ3) is 1.96. The molecule has 2 nitrogen and oxygen atoms in total. The second-order valence-corrected chi connectivity index (χ2v) is 5.31. The summed E-state index contributed by atoms with van der Waals surface area (Å²) >= 11 is 6.26. The van der Waals surface area contributed by atoms with Crippen LogP contribution in [0.4, 0.5) is 0 Å². The SMILES string of the molecule is Cn1cc(CC2CCCN2)c2cccc(Cl)c21. The molecule has 17 heavy (non-hydrogen) atoms. The number of rotatable bonds is 2. The van der Waals surface area contributed by atoms with Gasteiger partial charge in [0.2, 0.25) is 0 Å². The average molecular weight is 249 g/mol. The van der Waals surface area contributed by atoms with Crippen molar-refractivity contribution < 1.29 is 0 Å². The Morgan fingerprint density at radius 2 is 2.35 bits per heavy atom. The molecule has 3 rings (SSSR count). The first kappa shape index (κ1) is 11.1. The van der Waals surface area contributed by atoms with Crippen LogP contribution >= 0.6 is 11.6 Å². The minimum atomic E-state index is 0.639. The standard InChI is InChI=1S/C14H17ClN2/c1-17-9-10(8-11-4-3-7-16-11)12-5-2-6-13(15)14(12)17/h2,5-6,9,11,16H,3-4,7-8H2,1H3. The summed E-state index contributed by atoms with van der Waals surface area (Å²) in [5.41, 5.74) is 2.56. The van der Waals surface area contributed by atoms with Crippen molar-refractivity contribution in [2.75, 3.05) is 6.54 Å². The van der Waals surface area contributed by atoms with Crippen molar-refractivity contribution in [2.24, 2.45) is 7.05 Å². The lowest BCUT2D eigenvalue weighted by Crippen LogP contribution is -2.23. The molecule has 0 aliphatic carbocycles. The first-order chi connectivity index (χ1) is 8.25. The summed E-state index contributed by atoms with van der Waals surface area (Å²) in [6.45, 7) is 1.16. The van der Waals surface area contributed by atoms with Crippen LogP contribution in [0, 0.1) is 0 Å². The predicted octanol–water partition coefficient (Wildman–Crippen LogP) is 3.13. The smallest absolute Gasteiger partial charge is 0.0669 e. The van der Waals surface area contributed by atoms with E-state index in [0.29, 0.717) is 6.04 Å². The summed E-state index contributed by atoms with van der Waals surface area (Å²) < 4.78 is 2.14. The van der Waals surface area contributed by atoms with E-state index in [-0.39, 0.29) is 0 Å². The highest BCUT2D eigenvalue weighted by molar-refractivity contribution is 6.35. The largest absolute Gasteiger partial charge is 0.349 e. The van der Waals surface area contributed by atoms with Gasteiger partial charge in [-0.3, -0.25) is 0 Å². The molecule has 0 spiro atoms. The topological polar surface area (TPSA) is 17.0 Å². The molecule has 1 atom stereocenters. The molecule has 1 aliphatic rings. The number of hydrogen-bond acceptors (Lipinski definition) is 1. The molecule has 90 valence electrons. The molecule has 1 N–H and O–H groups in total. The number of fused-ring (bicyclic) bond motifs is 1. The molecule has 1 unspecified atom stereocenters. The number of aromatic nitrogens is 1. The van der Waals surface area contributed by atoms with E-state index in [1.807, 2.05) is 12.1 Å². The summed E-state index contributed by atoms with van der Waals surface area (Å²) in [6, 6.07) is 6.81. The molecule has 1 aromatic heterocycles. The first-order valence-corrected chi connectivity index (χ1v) is 6.59. The zero-order chi connectivity index (χ0) is 11.8. The van der Waals surface area contributed by atoms with Gasteiger partial charge >= 0.3 is 0 Å². The summed E-state index contributed by atoms with van der Waals surface area (Å²) in [7, 11) is 2.07. The van der Waals surface area contributed by atoms with E-state index in [4.69, 9.17) is 11.6 Å². The monoisotopic (exact) mass is 248 g/mol. The maximum Gasteiger partial charge on any atom is 0.0669 e. The Morgan fingerprint density at radius 3 is 3.12 bits per heavy atom. The number of hydrogen-bond donors (Lipinski definition) is 1. The van der Waals surface area contributed by atoms with E-state index < -0.39 is 0 Å². The zero-order valence-corrected chi connectivity index (χ0v) is 10.8. The van der Waals surface area contributed by atoms with Crippen LogP contribution in [0.3, 0.4) is 0 Å². The summed E-state index contributed by atoms with van der Waals surface area (Å²) in [6.07, 6.45) is 5.92. The van der Waals surface area contributed by atoms with Crippen molar-refractivity contribution in [1.82, 2.24) is 9.88 Å². The molecule has 0 radical (unpaired) electrons. The molecule has 0 amide bonds. The lowest BCUT2D eigenvalue weighted by molar-refractivity contribution is 0.604. The minimum Gasteiger partial charge on any atom is -0.349 e. The fraction of sp³-hybridized carbons (Fsp3) is 0.429. The van der Waals surface area contributed by atoms with Gasteiger partial charge in [-0.05, 0) is 37.4 Å². The molecule has 0 bridgehead atoms. The van der Waals surface area contributed by atoms with Crippen LogP contribution in [0.5, 0.6) is 0 Å². The third-order valence-corrected chi connectivity index (χ3v) is 3.97. The number of para-hydroxylation sites is 1. The van der Waals surface area contributed by atoms with Crippen LogP contribution in [0.15, 0.2) is 24.4 Å². The Labute approximate surface area is 107 Å². The average Bonchev–Trinajstić information content (AvgIpc) is 2.90. The number of halogens is 1. The van der Waals surface area contributed by atoms with Gasteiger partial charge < -0.3 is 9.88 Å². The highest BCUT2D eigenvalue weighted by atomic mass is 35.5. The van der Waals surface area contributed by atoms with Gasteiger partial charge in [-0.1, -0.05) is 23.7 Å². The van der Waals surface area contributed by atoms with Crippen LogP contribution in [-0.2, 0) is 13.5 Å². The molecule has 2 aromatic rings. The van der Waals surface area contributed by atoms with E-state index in [0.717, 1.165) is 23.5 Å². The summed E-state index contributed by atoms with van der Waals surface area (Å²) in [4.78, 5) is 0. The van der Waals surface area contributed by atoms with Crippen molar-refractivity contribution >= 4 is 22.5 Å². The van der Waals surface area contributed by atoms with Gasteiger partial charge in [-0.15, -0.1) is 0 Å². The second-order valence-electron chi connectivity index (χ2n) is 4.90. The first-order valence-electron chi connectivity index (χ1n) is 6.21. The normalized spacial score (nSPS) is 20.2. The van der Waals surface area contributed by atoms with Crippen LogP contribution in [0.2, 0.25) is 5.02 Å². The molecular weight excluding hydrogens is 232 g/mol. The van der Waals surface area contributed by atoms with Gasteiger partial charge in [0.15, 0.2) is 0 Å². The number of benzene rings is 1. The Balaban J connectivity index is 2.01. The Hall–Kier alpha value is -0.990. The number of aryl methyl sites for hydroxylation is 1. The molecule has 1 fully saturated rings. The van der Waals surface area contributed by atoms with E-state index in [1.165, 1.54) is 23.8 Å². The van der Waals surface area contributed by atoms with Gasteiger partial charge in [0, 0.05) is 24.7 Å². The van der Waals surface area contributed by atoms with Crippen LogP contribution in [0.1, 0.15) is 18.4 Å². The Bertz CT molecular complexity index is 538. The van der Waals surface area contributed by atoms with Crippen molar-refractivity contribution in [2.45, 2.75) is 25.3 Å². The predicted molar refractivity (Wildman–Crippen MR) is 72.7 cm³/mol. The van der Waals surface area contributed by atoms with E-state index >= 15 is 0 Å². The lowest BCUT2D eigenvalue weighted by Gasteiger charge is -2.08. The Kier molecular flexibility index (Phi) is 2.85. The molecular formula is C14H17ClN2. The van der Waals surface area contributed by atoms with E-state index in [9.17, 15) is 0 Å². The van der Waals surface area contributed by atoms with Crippen molar-refractivity contribution in [3.05, 3.63) is 35.0 Å². The van der Waals surface area contributed by atoms with Gasteiger partial charge in [-0.2, -0.15) is 0 Å². The van der Waals surface area contributed by atoms with Crippen molar-refractivity contribution in [3.63, 3.8) is 0 Å². The number of nitrogens with zero attached hydrogens (tertiary/aromatic N) is 1. The molecule has 0 saturated carbocycles. The van der Waals surface area contributed by atoms with Crippen molar-refractivity contribution in [1.29, 1.82) is 0 Å². The summed E-state index contributed by atoms with van der Waals surface area (Å²) in [5, 5.41) is 5.69. The summed E-state index contributed by atoms with van der Waals surface area (Å²) in [5.74, 6) is 0. The molecule has 1 aliphatic heterocycles. The van der Waals surface area contributed by atoms with Crippen LogP contribution < -0.4 is 5.32 Å². The zero-order valence-electron chi connectivity index (χ0n) is 10.0. The molecule has 2 heterocycles. The second kappa shape index (κ2) is 4.35. The van der Waals surface area contributed by atoms with Gasteiger partial charge in [0.1, 0.15) is 0 Å². The number of nitrogens with one attached hydrogen (secondary N) is 1. The highest BCUT2D eigenvalue weighted by Crippen LogP contribution is 2.28. The lowest BCUT2D eigenvalue weighted by atomic mass is 10.0. The van der Waals surface area contributed by atoms with E-state index in [1.54, 1.807) is 0 Å².